The zero-order valence-electron chi connectivity index (χ0n) is 12.6. The molecule has 1 heterocycles. The Hall–Kier alpha value is -3.13. The van der Waals surface area contributed by atoms with Crippen LogP contribution in [0.15, 0.2) is 53.9 Å². The number of phenols is 1. The Morgan fingerprint density at radius 2 is 2.00 bits per heavy atom. The lowest BCUT2D eigenvalue weighted by Crippen LogP contribution is -2.20. The summed E-state index contributed by atoms with van der Waals surface area (Å²) in [7, 11) is 0. The van der Waals surface area contributed by atoms with Gasteiger partial charge in [-0.2, -0.15) is 5.26 Å². The van der Waals surface area contributed by atoms with E-state index in [0.717, 1.165) is 11.3 Å². The maximum Gasteiger partial charge on any atom is 0.205 e. The van der Waals surface area contributed by atoms with Crippen molar-refractivity contribution in [2.75, 3.05) is 6.61 Å². The van der Waals surface area contributed by atoms with Crippen LogP contribution in [0.3, 0.4) is 0 Å². The van der Waals surface area contributed by atoms with Gasteiger partial charge < -0.3 is 20.3 Å². The van der Waals surface area contributed by atoms with Crippen molar-refractivity contribution in [3.63, 3.8) is 0 Å². The normalized spacial score (nSPS) is 16.3. The first-order chi connectivity index (χ1) is 11.1. The van der Waals surface area contributed by atoms with Crippen LogP contribution in [0, 0.1) is 11.3 Å². The molecule has 0 radical (unpaired) electrons. The number of hydrogen-bond donors (Lipinski definition) is 2. The molecular weight excluding hydrogens is 292 g/mol. The number of hydrogen-bond acceptors (Lipinski definition) is 5. The first-order valence-electron chi connectivity index (χ1n) is 7.27. The Kier molecular flexibility index (Phi) is 3.82. The van der Waals surface area contributed by atoms with E-state index in [9.17, 15) is 10.4 Å². The monoisotopic (exact) mass is 308 g/mol. The molecule has 1 aliphatic heterocycles. The minimum atomic E-state index is -0.383. The van der Waals surface area contributed by atoms with E-state index in [0.29, 0.717) is 23.5 Å². The Labute approximate surface area is 134 Å². The summed E-state index contributed by atoms with van der Waals surface area (Å²) in [6, 6.07) is 14.4. The van der Waals surface area contributed by atoms with Gasteiger partial charge in [0, 0.05) is 5.56 Å². The predicted octanol–water partition coefficient (Wildman–Crippen LogP) is 3.01. The van der Waals surface area contributed by atoms with Crippen molar-refractivity contribution in [1.29, 1.82) is 5.26 Å². The van der Waals surface area contributed by atoms with Crippen LogP contribution in [0.1, 0.15) is 24.0 Å². The molecule has 0 amide bonds. The molecule has 0 saturated heterocycles. The zero-order chi connectivity index (χ0) is 16.4. The van der Waals surface area contributed by atoms with Crippen molar-refractivity contribution in [2.24, 2.45) is 5.73 Å². The van der Waals surface area contributed by atoms with Gasteiger partial charge in [-0.1, -0.05) is 12.1 Å². The van der Waals surface area contributed by atoms with Crippen molar-refractivity contribution < 1.29 is 14.6 Å². The molecule has 0 spiro atoms. The Morgan fingerprint density at radius 3 is 2.65 bits per heavy atom. The molecule has 5 heteroatoms. The van der Waals surface area contributed by atoms with Crippen LogP contribution < -0.4 is 15.2 Å². The van der Waals surface area contributed by atoms with Gasteiger partial charge in [0.15, 0.2) is 0 Å². The molecule has 0 unspecified atom stereocenters. The third-order valence-electron chi connectivity index (χ3n) is 3.72. The van der Waals surface area contributed by atoms with Crippen molar-refractivity contribution in [3.8, 4) is 23.3 Å². The summed E-state index contributed by atoms with van der Waals surface area (Å²) in [5, 5.41) is 19.3. The minimum Gasteiger partial charge on any atom is -0.508 e. The topological polar surface area (TPSA) is 88.5 Å². The Morgan fingerprint density at radius 1 is 1.26 bits per heavy atom. The van der Waals surface area contributed by atoms with Gasteiger partial charge in [-0.3, -0.25) is 0 Å². The standard InChI is InChI=1S/C18H16N2O3/c1-2-22-13-6-3-11(4-7-13)17-14-9-12(21)5-8-16(14)23-18(20)15(17)10-19/h3-9,17,21H,2,20H2,1H3/t17-/m1/s1. The van der Waals surface area contributed by atoms with E-state index < -0.39 is 0 Å². The van der Waals surface area contributed by atoms with Gasteiger partial charge in [0.2, 0.25) is 5.88 Å². The zero-order valence-corrected chi connectivity index (χ0v) is 12.6. The summed E-state index contributed by atoms with van der Waals surface area (Å²) in [5.74, 6) is 1.12. The summed E-state index contributed by atoms with van der Waals surface area (Å²) in [6.07, 6.45) is 0. The molecule has 5 nitrogen and oxygen atoms in total. The second-order valence-electron chi connectivity index (χ2n) is 5.15. The lowest BCUT2D eigenvalue weighted by Gasteiger charge is -2.26. The van der Waals surface area contributed by atoms with E-state index >= 15 is 0 Å². The quantitative estimate of drug-likeness (QED) is 0.910. The molecular formula is C18H16N2O3. The average Bonchev–Trinajstić information content (AvgIpc) is 2.55. The molecule has 2 aromatic carbocycles. The number of benzene rings is 2. The van der Waals surface area contributed by atoms with Gasteiger partial charge in [-0.15, -0.1) is 0 Å². The van der Waals surface area contributed by atoms with Crippen LogP contribution in [0.2, 0.25) is 0 Å². The molecule has 0 aliphatic carbocycles. The van der Waals surface area contributed by atoms with E-state index in [2.05, 4.69) is 6.07 Å². The van der Waals surface area contributed by atoms with E-state index in [1.54, 1.807) is 12.1 Å². The maximum absolute atomic E-state index is 9.79. The third-order valence-corrected chi connectivity index (χ3v) is 3.72. The summed E-state index contributed by atoms with van der Waals surface area (Å²) in [5.41, 5.74) is 7.81. The van der Waals surface area contributed by atoms with Gasteiger partial charge in [0.25, 0.3) is 0 Å². The molecule has 1 atom stereocenters. The van der Waals surface area contributed by atoms with Crippen LogP contribution in [0.5, 0.6) is 17.2 Å². The molecule has 23 heavy (non-hydrogen) atoms. The molecule has 3 N–H and O–H groups in total. The van der Waals surface area contributed by atoms with Crippen LogP contribution in [0.4, 0.5) is 0 Å². The lowest BCUT2D eigenvalue weighted by atomic mass is 9.83. The highest BCUT2D eigenvalue weighted by Crippen LogP contribution is 2.43. The molecule has 0 aromatic heterocycles. The SMILES string of the molecule is CCOc1ccc([C@H]2C(C#N)=C(N)Oc3ccc(O)cc32)cc1. The summed E-state index contributed by atoms with van der Waals surface area (Å²) in [6.45, 7) is 2.51. The van der Waals surface area contributed by atoms with Gasteiger partial charge in [-0.05, 0) is 42.8 Å². The number of nitrogens with zero attached hydrogens (tertiary/aromatic N) is 1. The number of phenolic OH excluding ortho intramolecular Hbond substituents is 1. The fourth-order valence-corrected chi connectivity index (χ4v) is 2.71. The van der Waals surface area contributed by atoms with Crippen molar-refractivity contribution in [1.82, 2.24) is 0 Å². The highest BCUT2D eigenvalue weighted by Gasteiger charge is 2.30. The number of ether oxygens (including phenoxy) is 2. The second kappa shape index (κ2) is 5.93. The smallest absolute Gasteiger partial charge is 0.205 e. The van der Waals surface area contributed by atoms with Gasteiger partial charge in [0.1, 0.15) is 28.9 Å². The first-order valence-corrected chi connectivity index (χ1v) is 7.27. The molecule has 1 aliphatic rings. The average molecular weight is 308 g/mol. The van der Waals surface area contributed by atoms with Gasteiger partial charge >= 0.3 is 0 Å². The summed E-state index contributed by atoms with van der Waals surface area (Å²) < 4.78 is 10.9. The first kappa shape index (κ1) is 14.8. The Bertz CT molecular complexity index is 804. The largest absolute Gasteiger partial charge is 0.508 e. The maximum atomic E-state index is 9.79. The van der Waals surface area contributed by atoms with Crippen LogP contribution in [0.25, 0.3) is 0 Å². The van der Waals surface area contributed by atoms with E-state index in [1.165, 1.54) is 6.07 Å². The predicted molar refractivity (Wildman–Crippen MR) is 85.0 cm³/mol. The molecule has 3 rings (SSSR count). The molecule has 0 bridgehead atoms. The minimum absolute atomic E-state index is 0.0876. The molecule has 0 saturated carbocycles. The number of aromatic hydroxyl groups is 1. The van der Waals surface area contributed by atoms with E-state index in [-0.39, 0.29) is 17.6 Å². The Balaban J connectivity index is 2.11. The molecule has 116 valence electrons. The number of allylic oxidation sites excluding steroid dienone is 1. The van der Waals surface area contributed by atoms with Crippen LogP contribution >= 0.6 is 0 Å². The van der Waals surface area contributed by atoms with Gasteiger partial charge in [0.05, 0.1) is 12.5 Å². The third kappa shape index (κ3) is 2.67. The van der Waals surface area contributed by atoms with Crippen molar-refractivity contribution in [2.45, 2.75) is 12.8 Å². The van der Waals surface area contributed by atoms with Gasteiger partial charge in [-0.25, -0.2) is 0 Å². The van der Waals surface area contributed by atoms with Crippen molar-refractivity contribution in [3.05, 3.63) is 65.0 Å². The summed E-state index contributed by atoms with van der Waals surface area (Å²) in [4.78, 5) is 0. The van der Waals surface area contributed by atoms with Crippen molar-refractivity contribution >= 4 is 0 Å². The molecule has 0 fully saturated rings. The van der Waals surface area contributed by atoms with Crippen LogP contribution in [-0.4, -0.2) is 11.7 Å². The number of nitriles is 1. The molecule has 2 aromatic rings. The van der Waals surface area contributed by atoms with E-state index in [4.69, 9.17) is 15.2 Å². The highest BCUT2D eigenvalue weighted by atomic mass is 16.5. The fraction of sp³-hybridized carbons (Fsp3) is 0.167. The number of rotatable bonds is 3. The number of fused-ring (bicyclic) bond motifs is 1. The highest BCUT2D eigenvalue weighted by molar-refractivity contribution is 5.57. The van der Waals surface area contributed by atoms with Crippen LogP contribution in [-0.2, 0) is 0 Å². The second-order valence-corrected chi connectivity index (χ2v) is 5.15. The lowest BCUT2D eigenvalue weighted by molar-refractivity contribution is 0.340. The summed E-state index contributed by atoms with van der Waals surface area (Å²) >= 11 is 0. The van der Waals surface area contributed by atoms with E-state index in [1.807, 2.05) is 31.2 Å². The number of nitrogens with two attached hydrogens (primary N) is 1. The fourth-order valence-electron chi connectivity index (χ4n) is 2.71.